The molecule has 0 fully saturated rings. The van der Waals surface area contributed by atoms with E-state index >= 15 is 0 Å². The van der Waals surface area contributed by atoms with Gasteiger partial charge in [0.25, 0.3) is 11.8 Å². The van der Waals surface area contributed by atoms with Crippen molar-refractivity contribution in [1.29, 1.82) is 0 Å². The first kappa shape index (κ1) is 19.8. The zero-order valence-electron chi connectivity index (χ0n) is 16.5. The predicted molar refractivity (Wildman–Crippen MR) is 115 cm³/mol. The van der Waals surface area contributed by atoms with E-state index in [1.54, 1.807) is 54.6 Å². The molecule has 8 heteroatoms. The fraction of sp³-hybridized carbons (Fsp3) is 0.0435. The molecule has 4 rings (SSSR count). The molecule has 0 saturated heterocycles. The summed E-state index contributed by atoms with van der Waals surface area (Å²) in [5, 5.41) is 3.27. The maximum atomic E-state index is 12.9. The second-order valence-electron chi connectivity index (χ2n) is 6.72. The van der Waals surface area contributed by atoms with Crippen LogP contribution >= 0.6 is 0 Å². The summed E-state index contributed by atoms with van der Waals surface area (Å²) >= 11 is 0. The molecule has 3 N–H and O–H groups in total. The predicted octanol–water partition coefficient (Wildman–Crippen LogP) is 3.53. The Hall–Kier alpha value is -4.46. The van der Waals surface area contributed by atoms with Crippen molar-refractivity contribution < 1.29 is 18.8 Å². The molecule has 31 heavy (non-hydrogen) atoms. The van der Waals surface area contributed by atoms with Crippen LogP contribution in [0.3, 0.4) is 0 Å². The minimum atomic E-state index is -0.493. The largest absolute Gasteiger partial charge is 0.463 e. The Labute approximate surface area is 177 Å². The number of hydrogen-bond donors (Lipinski definition) is 3. The summed E-state index contributed by atoms with van der Waals surface area (Å²) < 4.78 is 5.40. The highest BCUT2D eigenvalue weighted by Crippen LogP contribution is 2.25. The lowest BCUT2D eigenvalue weighted by Gasteiger charge is -2.11. The molecule has 4 aromatic rings. The van der Waals surface area contributed by atoms with E-state index in [1.807, 2.05) is 12.1 Å². The number of aromatic nitrogens is 1. The van der Waals surface area contributed by atoms with E-state index in [0.29, 0.717) is 39.2 Å². The van der Waals surface area contributed by atoms with Gasteiger partial charge in [0.05, 0.1) is 17.3 Å². The quantitative estimate of drug-likeness (QED) is 0.442. The van der Waals surface area contributed by atoms with Crippen LogP contribution in [0.1, 0.15) is 27.6 Å². The van der Waals surface area contributed by atoms with Crippen LogP contribution in [0.15, 0.2) is 77.4 Å². The highest BCUT2D eigenvalue weighted by molar-refractivity contribution is 6.08. The highest BCUT2D eigenvalue weighted by Gasteiger charge is 2.16. The fourth-order valence-corrected chi connectivity index (χ4v) is 3.08. The lowest BCUT2D eigenvalue weighted by molar-refractivity contribution is -0.114. The topological polar surface area (TPSA) is 113 Å². The van der Waals surface area contributed by atoms with Crippen molar-refractivity contribution in [2.24, 2.45) is 0 Å². The number of anilines is 1. The molecule has 154 valence electrons. The molecule has 2 aromatic heterocycles. The molecule has 0 aliphatic carbocycles. The number of para-hydroxylation sites is 1. The minimum absolute atomic E-state index is 0.206. The molecule has 0 radical (unpaired) electrons. The van der Waals surface area contributed by atoms with Crippen molar-refractivity contribution >= 4 is 34.3 Å². The number of furan rings is 1. The van der Waals surface area contributed by atoms with Gasteiger partial charge in [-0.2, -0.15) is 0 Å². The third-order valence-electron chi connectivity index (χ3n) is 4.49. The van der Waals surface area contributed by atoms with Crippen LogP contribution < -0.4 is 16.2 Å². The zero-order valence-corrected chi connectivity index (χ0v) is 16.5. The number of carbonyl (C=O) groups is 3. The standard InChI is InChI=1S/C23H18N4O4/c1-14(28)24-16-10-8-15(9-11-16)22(29)26-27-23(30)18-13-20(21-7-4-12-31-21)25-19-6-3-2-5-17(18)19/h2-13H,1H3,(H,24,28)(H,26,29)(H,27,30). The normalized spacial score (nSPS) is 10.5. The molecule has 0 aliphatic rings. The Balaban J connectivity index is 1.53. The number of benzene rings is 2. The third kappa shape index (κ3) is 4.43. The molecule has 0 atom stereocenters. The summed E-state index contributed by atoms with van der Waals surface area (Å²) in [6.45, 7) is 1.40. The number of rotatable bonds is 4. The van der Waals surface area contributed by atoms with Gasteiger partial charge in [0.15, 0.2) is 5.76 Å². The average molecular weight is 414 g/mol. The number of nitrogens with one attached hydrogen (secondary N) is 3. The van der Waals surface area contributed by atoms with Crippen molar-refractivity contribution in [1.82, 2.24) is 15.8 Å². The van der Waals surface area contributed by atoms with Crippen molar-refractivity contribution in [3.05, 3.63) is 84.1 Å². The first-order valence-electron chi connectivity index (χ1n) is 9.43. The van der Waals surface area contributed by atoms with Gasteiger partial charge in [-0.1, -0.05) is 18.2 Å². The van der Waals surface area contributed by atoms with E-state index in [9.17, 15) is 14.4 Å². The average Bonchev–Trinajstić information content (AvgIpc) is 3.31. The van der Waals surface area contributed by atoms with Crippen LogP contribution in [0.4, 0.5) is 5.69 Å². The molecule has 3 amide bonds. The van der Waals surface area contributed by atoms with E-state index < -0.39 is 11.8 Å². The lowest BCUT2D eigenvalue weighted by atomic mass is 10.1. The van der Waals surface area contributed by atoms with Crippen molar-refractivity contribution in [2.75, 3.05) is 5.32 Å². The maximum Gasteiger partial charge on any atom is 0.270 e. The monoisotopic (exact) mass is 414 g/mol. The van der Waals surface area contributed by atoms with Gasteiger partial charge < -0.3 is 9.73 Å². The summed E-state index contributed by atoms with van der Waals surface area (Å²) in [5.74, 6) is -0.659. The number of nitrogens with zero attached hydrogens (tertiary/aromatic N) is 1. The van der Waals surface area contributed by atoms with E-state index in [-0.39, 0.29) is 5.91 Å². The summed E-state index contributed by atoms with van der Waals surface area (Å²) in [7, 11) is 0. The molecular formula is C23H18N4O4. The number of amides is 3. The van der Waals surface area contributed by atoms with Gasteiger partial charge >= 0.3 is 0 Å². The van der Waals surface area contributed by atoms with Gasteiger partial charge in [-0.15, -0.1) is 0 Å². The molecule has 0 aliphatic heterocycles. The Morgan fingerprint density at radius 3 is 2.32 bits per heavy atom. The first-order valence-corrected chi connectivity index (χ1v) is 9.43. The van der Waals surface area contributed by atoms with Gasteiger partial charge in [0, 0.05) is 23.6 Å². The molecule has 0 unspecified atom stereocenters. The summed E-state index contributed by atoms with van der Waals surface area (Å²) in [6, 6.07) is 18.6. The van der Waals surface area contributed by atoms with Crippen LogP contribution in [0.2, 0.25) is 0 Å². The van der Waals surface area contributed by atoms with Crippen LogP contribution in [0, 0.1) is 0 Å². The van der Waals surface area contributed by atoms with Crippen LogP contribution in [-0.2, 0) is 4.79 Å². The lowest BCUT2D eigenvalue weighted by Crippen LogP contribution is -2.41. The summed E-state index contributed by atoms with van der Waals surface area (Å²) in [5.41, 5.74) is 7.22. The Morgan fingerprint density at radius 1 is 0.871 bits per heavy atom. The molecule has 2 heterocycles. The molecule has 0 saturated carbocycles. The minimum Gasteiger partial charge on any atom is -0.463 e. The Bertz CT molecular complexity index is 1260. The summed E-state index contributed by atoms with van der Waals surface area (Å²) in [4.78, 5) is 40.9. The summed E-state index contributed by atoms with van der Waals surface area (Å²) in [6.07, 6.45) is 1.53. The number of pyridine rings is 1. The van der Waals surface area contributed by atoms with Gasteiger partial charge in [0.2, 0.25) is 5.91 Å². The van der Waals surface area contributed by atoms with E-state index in [4.69, 9.17) is 4.42 Å². The number of fused-ring (bicyclic) bond motifs is 1. The van der Waals surface area contributed by atoms with Crippen molar-refractivity contribution in [3.63, 3.8) is 0 Å². The number of carbonyl (C=O) groups excluding carboxylic acids is 3. The Morgan fingerprint density at radius 2 is 1.61 bits per heavy atom. The highest BCUT2D eigenvalue weighted by atomic mass is 16.3. The van der Waals surface area contributed by atoms with E-state index in [0.717, 1.165) is 0 Å². The molecule has 2 aromatic carbocycles. The van der Waals surface area contributed by atoms with Crippen molar-refractivity contribution in [3.8, 4) is 11.5 Å². The van der Waals surface area contributed by atoms with Crippen LogP contribution in [0.25, 0.3) is 22.4 Å². The number of hydrogen-bond acceptors (Lipinski definition) is 5. The SMILES string of the molecule is CC(=O)Nc1ccc(C(=O)NNC(=O)c2cc(-c3ccco3)nc3ccccc23)cc1. The maximum absolute atomic E-state index is 12.9. The van der Waals surface area contributed by atoms with Gasteiger partial charge in [-0.3, -0.25) is 25.2 Å². The molecule has 0 spiro atoms. The second-order valence-corrected chi connectivity index (χ2v) is 6.72. The Kier molecular flexibility index (Phi) is 5.44. The molecule has 0 bridgehead atoms. The van der Waals surface area contributed by atoms with Crippen molar-refractivity contribution in [2.45, 2.75) is 6.92 Å². The van der Waals surface area contributed by atoms with Gasteiger partial charge in [-0.25, -0.2) is 4.98 Å². The van der Waals surface area contributed by atoms with E-state index in [1.165, 1.54) is 13.2 Å². The zero-order chi connectivity index (χ0) is 21.8. The number of hydrazine groups is 1. The third-order valence-corrected chi connectivity index (χ3v) is 4.49. The smallest absolute Gasteiger partial charge is 0.270 e. The van der Waals surface area contributed by atoms with E-state index in [2.05, 4.69) is 21.2 Å². The van der Waals surface area contributed by atoms with Crippen LogP contribution in [-0.4, -0.2) is 22.7 Å². The first-order chi connectivity index (χ1) is 15.0. The fourth-order valence-electron chi connectivity index (χ4n) is 3.08. The van der Waals surface area contributed by atoms with Gasteiger partial charge in [-0.05, 0) is 48.5 Å². The van der Waals surface area contributed by atoms with Gasteiger partial charge in [0.1, 0.15) is 5.69 Å². The molecule has 8 nitrogen and oxygen atoms in total. The second kappa shape index (κ2) is 8.50. The van der Waals surface area contributed by atoms with Crippen LogP contribution in [0.5, 0.6) is 0 Å². The molecular weight excluding hydrogens is 396 g/mol.